The Balaban J connectivity index is 2.04. The average molecular weight is 269 g/mol. The van der Waals surface area contributed by atoms with E-state index in [4.69, 9.17) is 0 Å². The molecule has 1 aliphatic carbocycles. The highest BCUT2D eigenvalue weighted by Crippen LogP contribution is 2.29. The van der Waals surface area contributed by atoms with Gasteiger partial charge in [-0.3, -0.25) is 0 Å². The maximum atomic E-state index is 4.41. The van der Waals surface area contributed by atoms with Crippen LogP contribution in [0.15, 0.2) is 16.7 Å². The van der Waals surface area contributed by atoms with Crippen LogP contribution in [0.25, 0.3) is 0 Å². The fourth-order valence-electron chi connectivity index (χ4n) is 2.17. The fourth-order valence-corrected chi connectivity index (χ4v) is 2.75. The molecule has 2 atom stereocenters. The smallest absolute Gasteiger partial charge is 0.140 e. The van der Waals surface area contributed by atoms with Gasteiger partial charge >= 0.3 is 0 Å². The third-order valence-corrected chi connectivity index (χ3v) is 3.62. The molecule has 1 heterocycles. The monoisotopic (exact) mass is 268 g/mol. The summed E-state index contributed by atoms with van der Waals surface area (Å²) >= 11 is 3.54. The van der Waals surface area contributed by atoms with Gasteiger partial charge in [0.2, 0.25) is 0 Å². The average Bonchev–Trinajstić information content (AvgIpc) is 2.56. The van der Waals surface area contributed by atoms with Gasteiger partial charge in [0.05, 0.1) is 4.47 Å². The van der Waals surface area contributed by atoms with Crippen molar-refractivity contribution in [2.45, 2.75) is 39.2 Å². The van der Waals surface area contributed by atoms with E-state index in [9.17, 15) is 0 Å². The third-order valence-electron chi connectivity index (χ3n) is 3.01. The summed E-state index contributed by atoms with van der Waals surface area (Å²) in [5.41, 5.74) is 1.19. The first-order valence-corrected chi connectivity index (χ1v) is 6.33. The number of hydrogen-bond acceptors (Lipinski definition) is 2. The summed E-state index contributed by atoms with van der Waals surface area (Å²) in [4.78, 5) is 4.41. The molecule has 2 nitrogen and oxygen atoms in total. The predicted molar refractivity (Wildman–Crippen MR) is 67.1 cm³/mol. The van der Waals surface area contributed by atoms with Crippen LogP contribution in [0.1, 0.15) is 31.7 Å². The van der Waals surface area contributed by atoms with Gasteiger partial charge in [0, 0.05) is 12.2 Å². The Morgan fingerprint density at radius 2 is 2.27 bits per heavy atom. The van der Waals surface area contributed by atoms with Crippen molar-refractivity contribution in [3.8, 4) is 0 Å². The normalized spacial score (nSPS) is 25.5. The molecule has 0 spiro atoms. The molecule has 0 radical (unpaired) electrons. The number of nitrogens with one attached hydrogen (secondary N) is 1. The zero-order chi connectivity index (χ0) is 10.8. The van der Waals surface area contributed by atoms with Gasteiger partial charge in [-0.15, -0.1) is 0 Å². The SMILES string of the molecule is Cc1cnc(NC2CCC(C)C2)c(Br)c1. The minimum Gasteiger partial charge on any atom is -0.366 e. The van der Waals surface area contributed by atoms with E-state index >= 15 is 0 Å². The lowest BCUT2D eigenvalue weighted by Crippen LogP contribution is -2.16. The molecule has 82 valence electrons. The van der Waals surface area contributed by atoms with Crippen LogP contribution in [-0.2, 0) is 0 Å². The number of halogens is 1. The van der Waals surface area contributed by atoms with Gasteiger partial charge in [0.1, 0.15) is 5.82 Å². The molecule has 1 fully saturated rings. The van der Waals surface area contributed by atoms with Gasteiger partial charge in [-0.05, 0) is 59.7 Å². The summed E-state index contributed by atoms with van der Waals surface area (Å²) in [5.74, 6) is 1.84. The number of anilines is 1. The maximum absolute atomic E-state index is 4.41. The van der Waals surface area contributed by atoms with Crippen molar-refractivity contribution in [1.82, 2.24) is 4.98 Å². The molecule has 1 N–H and O–H groups in total. The minimum atomic E-state index is 0.603. The molecule has 15 heavy (non-hydrogen) atoms. The topological polar surface area (TPSA) is 24.9 Å². The van der Waals surface area contributed by atoms with Gasteiger partial charge in [0.15, 0.2) is 0 Å². The Kier molecular flexibility index (Phi) is 3.29. The summed E-state index contributed by atoms with van der Waals surface area (Å²) in [6, 6.07) is 2.71. The van der Waals surface area contributed by atoms with Crippen LogP contribution >= 0.6 is 15.9 Å². The second-order valence-corrected chi connectivity index (χ2v) is 5.46. The zero-order valence-electron chi connectivity index (χ0n) is 9.26. The summed E-state index contributed by atoms with van der Waals surface area (Å²) in [7, 11) is 0. The number of aryl methyl sites for hydroxylation is 1. The largest absolute Gasteiger partial charge is 0.366 e. The van der Waals surface area contributed by atoms with Gasteiger partial charge in [-0.25, -0.2) is 4.98 Å². The van der Waals surface area contributed by atoms with E-state index < -0.39 is 0 Å². The standard InChI is InChI=1S/C12H17BrN2/c1-8-3-4-10(5-8)15-12-11(13)6-9(2)7-14-12/h6-8,10H,3-5H2,1-2H3,(H,14,15). The molecule has 3 heteroatoms. The molecule has 1 aromatic rings. The fraction of sp³-hybridized carbons (Fsp3) is 0.583. The Morgan fingerprint density at radius 3 is 2.87 bits per heavy atom. The molecule has 0 aromatic carbocycles. The highest BCUT2D eigenvalue weighted by molar-refractivity contribution is 9.10. The molecule has 0 bridgehead atoms. The zero-order valence-corrected chi connectivity index (χ0v) is 10.8. The number of hydrogen-bond donors (Lipinski definition) is 1. The number of aromatic nitrogens is 1. The van der Waals surface area contributed by atoms with E-state index in [0.717, 1.165) is 16.2 Å². The summed E-state index contributed by atoms with van der Waals surface area (Å²) in [6.45, 7) is 4.37. The molecule has 2 rings (SSSR count). The van der Waals surface area contributed by atoms with Gasteiger partial charge in [-0.1, -0.05) is 6.92 Å². The van der Waals surface area contributed by atoms with Gasteiger partial charge < -0.3 is 5.32 Å². The molecular formula is C12H17BrN2. The van der Waals surface area contributed by atoms with E-state index in [1.807, 2.05) is 6.20 Å². The van der Waals surface area contributed by atoms with E-state index in [1.54, 1.807) is 0 Å². The van der Waals surface area contributed by atoms with Crippen LogP contribution in [0.4, 0.5) is 5.82 Å². The molecule has 0 saturated heterocycles. The van der Waals surface area contributed by atoms with E-state index in [-0.39, 0.29) is 0 Å². The first-order valence-electron chi connectivity index (χ1n) is 5.54. The number of nitrogens with zero attached hydrogens (tertiary/aromatic N) is 1. The van der Waals surface area contributed by atoms with E-state index in [1.165, 1.54) is 24.8 Å². The van der Waals surface area contributed by atoms with Crippen LogP contribution in [0.2, 0.25) is 0 Å². The van der Waals surface area contributed by atoms with Crippen molar-refractivity contribution in [2.24, 2.45) is 5.92 Å². The molecule has 0 amide bonds. The Morgan fingerprint density at radius 1 is 1.47 bits per heavy atom. The van der Waals surface area contributed by atoms with Crippen LogP contribution in [0.3, 0.4) is 0 Å². The quantitative estimate of drug-likeness (QED) is 0.884. The van der Waals surface area contributed by atoms with Crippen LogP contribution in [0.5, 0.6) is 0 Å². The van der Waals surface area contributed by atoms with Crippen molar-refractivity contribution < 1.29 is 0 Å². The first-order chi connectivity index (χ1) is 7.15. The van der Waals surface area contributed by atoms with Crippen LogP contribution < -0.4 is 5.32 Å². The van der Waals surface area contributed by atoms with Crippen molar-refractivity contribution in [1.29, 1.82) is 0 Å². The summed E-state index contributed by atoms with van der Waals surface area (Å²) in [6.07, 6.45) is 5.78. The molecule has 1 aliphatic rings. The maximum Gasteiger partial charge on any atom is 0.140 e. The van der Waals surface area contributed by atoms with Crippen molar-refractivity contribution in [3.05, 3.63) is 22.3 Å². The van der Waals surface area contributed by atoms with Crippen LogP contribution in [0, 0.1) is 12.8 Å². The lowest BCUT2D eigenvalue weighted by Gasteiger charge is -2.14. The molecule has 1 saturated carbocycles. The Labute approximate surface area is 99.6 Å². The van der Waals surface area contributed by atoms with Crippen LogP contribution in [-0.4, -0.2) is 11.0 Å². The summed E-state index contributed by atoms with van der Waals surface area (Å²) < 4.78 is 1.07. The number of pyridine rings is 1. The third kappa shape index (κ3) is 2.71. The molecule has 0 aliphatic heterocycles. The molecular weight excluding hydrogens is 252 g/mol. The molecule has 1 aromatic heterocycles. The second kappa shape index (κ2) is 4.52. The highest BCUT2D eigenvalue weighted by Gasteiger charge is 2.21. The highest BCUT2D eigenvalue weighted by atomic mass is 79.9. The number of rotatable bonds is 2. The van der Waals surface area contributed by atoms with Crippen molar-refractivity contribution in [3.63, 3.8) is 0 Å². The minimum absolute atomic E-state index is 0.603. The van der Waals surface area contributed by atoms with Crippen molar-refractivity contribution >= 4 is 21.7 Å². The Bertz CT molecular complexity index is 351. The van der Waals surface area contributed by atoms with Gasteiger partial charge in [-0.2, -0.15) is 0 Å². The first kappa shape index (κ1) is 10.9. The lowest BCUT2D eigenvalue weighted by atomic mass is 10.1. The predicted octanol–water partition coefficient (Wildman–Crippen LogP) is 3.75. The lowest BCUT2D eigenvalue weighted by molar-refractivity contribution is 0.602. The second-order valence-electron chi connectivity index (χ2n) is 4.60. The molecule has 2 unspecified atom stereocenters. The van der Waals surface area contributed by atoms with Crippen molar-refractivity contribution in [2.75, 3.05) is 5.32 Å². The van der Waals surface area contributed by atoms with E-state index in [2.05, 4.69) is 46.1 Å². The Hall–Kier alpha value is -0.570. The van der Waals surface area contributed by atoms with E-state index in [0.29, 0.717) is 6.04 Å². The summed E-state index contributed by atoms with van der Waals surface area (Å²) in [5, 5.41) is 3.51. The van der Waals surface area contributed by atoms with Gasteiger partial charge in [0.25, 0.3) is 0 Å².